The Morgan fingerprint density at radius 3 is 2.71 bits per heavy atom. The molecule has 3 heteroatoms. The number of nitriles is 1. The van der Waals surface area contributed by atoms with Crippen LogP contribution in [0.4, 0.5) is 4.39 Å². The molecule has 17 heavy (non-hydrogen) atoms. The van der Waals surface area contributed by atoms with Gasteiger partial charge in [0.2, 0.25) is 0 Å². The molecule has 2 nitrogen and oxygen atoms in total. The zero-order valence-corrected chi connectivity index (χ0v) is 9.27. The molecule has 0 saturated carbocycles. The number of methoxy groups -OCH3 is 1. The third kappa shape index (κ3) is 2.26. The first kappa shape index (κ1) is 11.2. The van der Waals surface area contributed by atoms with E-state index >= 15 is 0 Å². The molecule has 0 bridgehead atoms. The van der Waals surface area contributed by atoms with E-state index in [0.717, 1.165) is 5.56 Å². The Bertz CT molecular complexity index is 587. The second kappa shape index (κ2) is 4.67. The van der Waals surface area contributed by atoms with Crippen molar-refractivity contribution in [3.05, 3.63) is 53.8 Å². The van der Waals surface area contributed by atoms with Crippen molar-refractivity contribution in [2.75, 3.05) is 7.11 Å². The Morgan fingerprint density at radius 2 is 2.00 bits per heavy atom. The van der Waals surface area contributed by atoms with Crippen LogP contribution in [-0.4, -0.2) is 7.11 Å². The summed E-state index contributed by atoms with van der Waals surface area (Å²) in [5.41, 5.74) is 1.78. The summed E-state index contributed by atoms with van der Waals surface area (Å²) in [6.07, 6.45) is 0. The summed E-state index contributed by atoms with van der Waals surface area (Å²) < 4.78 is 18.3. The summed E-state index contributed by atoms with van der Waals surface area (Å²) in [5.74, 6) is 0.317. The van der Waals surface area contributed by atoms with Crippen LogP contribution in [0.25, 0.3) is 11.1 Å². The number of nitrogens with zero attached hydrogens (tertiary/aromatic N) is 1. The maximum Gasteiger partial charge on any atom is 0.123 e. The van der Waals surface area contributed by atoms with Crippen LogP contribution in [0.2, 0.25) is 0 Å². The fraction of sp³-hybridized carbons (Fsp3) is 0.0714. The van der Waals surface area contributed by atoms with Crippen molar-refractivity contribution in [2.24, 2.45) is 0 Å². The molecule has 0 aromatic heterocycles. The summed E-state index contributed by atoms with van der Waals surface area (Å²) in [5, 5.41) is 8.99. The summed E-state index contributed by atoms with van der Waals surface area (Å²) in [6, 6.07) is 13.4. The zero-order valence-electron chi connectivity index (χ0n) is 9.27. The van der Waals surface area contributed by atoms with Crippen LogP contribution in [0.15, 0.2) is 42.5 Å². The molecule has 0 fully saturated rings. The normalized spacial score (nSPS) is 9.71. The molecule has 0 amide bonds. The van der Waals surface area contributed by atoms with Gasteiger partial charge in [0.15, 0.2) is 0 Å². The quantitative estimate of drug-likeness (QED) is 0.788. The summed E-state index contributed by atoms with van der Waals surface area (Å²) >= 11 is 0. The molecular formula is C14H10FNO. The standard InChI is InChI=1S/C14H10FNO/c1-17-13-4-2-3-10(7-13)14-8-12(15)6-5-11(14)9-16/h2-8H,1H3. The van der Waals surface area contributed by atoms with Gasteiger partial charge in [-0.1, -0.05) is 12.1 Å². The third-order valence-corrected chi connectivity index (χ3v) is 2.48. The predicted molar refractivity (Wildman–Crippen MR) is 63.1 cm³/mol. The maximum atomic E-state index is 13.2. The maximum absolute atomic E-state index is 13.2. The Morgan fingerprint density at radius 1 is 1.18 bits per heavy atom. The minimum atomic E-state index is -0.359. The molecule has 0 saturated heterocycles. The lowest BCUT2D eigenvalue weighted by Gasteiger charge is -2.06. The summed E-state index contributed by atoms with van der Waals surface area (Å²) in [4.78, 5) is 0. The van der Waals surface area contributed by atoms with Gasteiger partial charge in [0.1, 0.15) is 11.6 Å². The van der Waals surface area contributed by atoms with E-state index in [0.29, 0.717) is 16.9 Å². The molecule has 0 heterocycles. The highest BCUT2D eigenvalue weighted by Gasteiger charge is 2.07. The zero-order chi connectivity index (χ0) is 12.3. The van der Waals surface area contributed by atoms with E-state index in [1.807, 2.05) is 6.07 Å². The largest absolute Gasteiger partial charge is 0.497 e. The molecule has 2 aromatic rings. The molecule has 2 rings (SSSR count). The van der Waals surface area contributed by atoms with Crippen LogP contribution in [0.5, 0.6) is 5.75 Å². The van der Waals surface area contributed by atoms with Crippen LogP contribution in [0, 0.1) is 17.1 Å². The van der Waals surface area contributed by atoms with Gasteiger partial charge in [0, 0.05) is 5.56 Å². The average molecular weight is 227 g/mol. The van der Waals surface area contributed by atoms with Crippen molar-refractivity contribution in [2.45, 2.75) is 0 Å². The fourth-order valence-electron chi connectivity index (χ4n) is 1.64. The Kier molecular flexibility index (Phi) is 3.06. The van der Waals surface area contributed by atoms with Crippen LogP contribution < -0.4 is 4.74 Å². The number of halogens is 1. The van der Waals surface area contributed by atoms with E-state index in [1.165, 1.54) is 18.2 Å². The van der Waals surface area contributed by atoms with Gasteiger partial charge in [-0.3, -0.25) is 0 Å². The number of hydrogen-bond donors (Lipinski definition) is 0. The van der Waals surface area contributed by atoms with Crippen LogP contribution in [0.3, 0.4) is 0 Å². The minimum Gasteiger partial charge on any atom is -0.497 e. The van der Waals surface area contributed by atoms with E-state index in [-0.39, 0.29) is 5.82 Å². The molecule has 2 aromatic carbocycles. The van der Waals surface area contributed by atoms with Gasteiger partial charge >= 0.3 is 0 Å². The highest BCUT2D eigenvalue weighted by atomic mass is 19.1. The lowest BCUT2D eigenvalue weighted by atomic mass is 10.00. The number of ether oxygens (including phenoxy) is 1. The lowest BCUT2D eigenvalue weighted by Crippen LogP contribution is -1.88. The van der Waals surface area contributed by atoms with Crippen molar-refractivity contribution in [3.63, 3.8) is 0 Å². The minimum absolute atomic E-state index is 0.359. The van der Waals surface area contributed by atoms with Gasteiger partial charge in [0.05, 0.1) is 18.7 Å². The Hall–Kier alpha value is -2.34. The second-order valence-electron chi connectivity index (χ2n) is 3.53. The van der Waals surface area contributed by atoms with Crippen LogP contribution >= 0.6 is 0 Å². The number of benzene rings is 2. The van der Waals surface area contributed by atoms with Crippen molar-refractivity contribution >= 4 is 0 Å². The van der Waals surface area contributed by atoms with Crippen LogP contribution in [0.1, 0.15) is 5.56 Å². The highest BCUT2D eigenvalue weighted by molar-refractivity contribution is 5.71. The summed E-state index contributed by atoms with van der Waals surface area (Å²) in [7, 11) is 1.57. The molecule has 0 aliphatic carbocycles. The van der Waals surface area contributed by atoms with Gasteiger partial charge in [0.25, 0.3) is 0 Å². The summed E-state index contributed by atoms with van der Waals surface area (Å²) in [6.45, 7) is 0. The first-order chi connectivity index (χ1) is 8.24. The van der Waals surface area contributed by atoms with E-state index < -0.39 is 0 Å². The molecule has 0 radical (unpaired) electrons. The molecule has 0 spiro atoms. The van der Waals surface area contributed by atoms with E-state index in [2.05, 4.69) is 6.07 Å². The van der Waals surface area contributed by atoms with Crippen LogP contribution in [-0.2, 0) is 0 Å². The van der Waals surface area contributed by atoms with Crippen molar-refractivity contribution in [3.8, 4) is 22.9 Å². The van der Waals surface area contributed by atoms with Crippen molar-refractivity contribution in [1.82, 2.24) is 0 Å². The molecule has 84 valence electrons. The molecule has 0 aliphatic rings. The van der Waals surface area contributed by atoms with Crippen molar-refractivity contribution < 1.29 is 9.13 Å². The smallest absolute Gasteiger partial charge is 0.123 e. The molecule has 0 atom stereocenters. The average Bonchev–Trinajstić information content (AvgIpc) is 2.39. The Balaban J connectivity index is 2.59. The SMILES string of the molecule is COc1cccc(-c2cc(F)ccc2C#N)c1. The first-order valence-electron chi connectivity index (χ1n) is 5.08. The monoisotopic (exact) mass is 227 g/mol. The van der Waals surface area contributed by atoms with Crippen molar-refractivity contribution in [1.29, 1.82) is 5.26 Å². The molecular weight excluding hydrogens is 217 g/mol. The van der Waals surface area contributed by atoms with Gasteiger partial charge in [-0.05, 0) is 35.9 Å². The van der Waals surface area contributed by atoms with E-state index in [9.17, 15) is 4.39 Å². The molecule has 0 unspecified atom stereocenters. The highest BCUT2D eigenvalue weighted by Crippen LogP contribution is 2.27. The third-order valence-electron chi connectivity index (χ3n) is 2.48. The van der Waals surface area contributed by atoms with Gasteiger partial charge in [-0.25, -0.2) is 4.39 Å². The number of hydrogen-bond acceptors (Lipinski definition) is 2. The lowest BCUT2D eigenvalue weighted by molar-refractivity contribution is 0.415. The fourth-order valence-corrected chi connectivity index (χ4v) is 1.64. The second-order valence-corrected chi connectivity index (χ2v) is 3.53. The van der Waals surface area contributed by atoms with Gasteiger partial charge in [-0.2, -0.15) is 5.26 Å². The van der Waals surface area contributed by atoms with E-state index in [1.54, 1.807) is 25.3 Å². The predicted octanol–water partition coefficient (Wildman–Crippen LogP) is 3.37. The first-order valence-corrected chi connectivity index (χ1v) is 5.08. The van der Waals surface area contributed by atoms with E-state index in [4.69, 9.17) is 10.00 Å². The molecule has 0 aliphatic heterocycles. The topological polar surface area (TPSA) is 33.0 Å². The molecule has 0 N–H and O–H groups in total. The van der Waals surface area contributed by atoms with Gasteiger partial charge in [-0.15, -0.1) is 0 Å². The Labute approximate surface area is 98.9 Å². The number of rotatable bonds is 2. The van der Waals surface area contributed by atoms with Gasteiger partial charge < -0.3 is 4.74 Å².